The van der Waals surface area contributed by atoms with E-state index in [-0.39, 0.29) is 18.2 Å². The third kappa shape index (κ3) is 9.84. The quantitative estimate of drug-likeness (QED) is 0.321. The molecular formula is C26H40N2O4. The number of esters is 1. The lowest BCUT2D eigenvalue weighted by Crippen LogP contribution is -2.57. The lowest BCUT2D eigenvalue weighted by Gasteiger charge is -2.34. The molecule has 1 fully saturated rings. The number of hydrogen-bond donors (Lipinski definition) is 1. The molecule has 0 aromatic heterocycles. The van der Waals surface area contributed by atoms with Crippen molar-refractivity contribution in [3.63, 3.8) is 0 Å². The molecule has 0 radical (unpaired) electrons. The molecule has 0 aliphatic carbocycles. The number of piperazine rings is 1. The van der Waals surface area contributed by atoms with Crippen LogP contribution < -0.4 is 5.32 Å². The highest BCUT2D eigenvalue weighted by atomic mass is 16.5. The van der Waals surface area contributed by atoms with E-state index in [9.17, 15) is 14.4 Å². The topological polar surface area (TPSA) is 75.7 Å². The van der Waals surface area contributed by atoms with Gasteiger partial charge in [-0.3, -0.25) is 14.4 Å². The maximum Gasteiger partial charge on any atom is 0.308 e. The number of amides is 2. The van der Waals surface area contributed by atoms with E-state index in [2.05, 4.69) is 12.2 Å². The summed E-state index contributed by atoms with van der Waals surface area (Å²) in [5.41, 5.74) is 1.19. The summed E-state index contributed by atoms with van der Waals surface area (Å²) < 4.78 is 5.35. The molecule has 1 atom stereocenters. The molecular weight excluding hydrogens is 404 g/mol. The Morgan fingerprint density at radius 2 is 1.69 bits per heavy atom. The zero-order valence-corrected chi connectivity index (χ0v) is 19.7. The summed E-state index contributed by atoms with van der Waals surface area (Å²) in [5, 5.41) is 2.77. The first-order valence-electron chi connectivity index (χ1n) is 12.4. The van der Waals surface area contributed by atoms with Crippen molar-refractivity contribution in [3.05, 3.63) is 35.9 Å². The number of hydrogen-bond acceptors (Lipinski definition) is 4. The summed E-state index contributed by atoms with van der Waals surface area (Å²) >= 11 is 0. The molecule has 1 heterocycles. The Balaban J connectivity index is 1.67. The molecule has 1 unspecified atom stereocenters. The summed E-state index contributed by atoms with van der Waals surface area (Å²) in [7, 11) is 0. The molecule has 1 aromatic carbocycles. The van der Waals surface area contributed by atoms with Gasteiger partial charge in [0.15, 0.2) is 0 Å². The van der Waals surface area contributed by atoms with E-state index < -0.39 is 12.0 Å². The van der Waals surface area contributed by atoms with Crippen molar-refractivity contribution in [1.82, 2.24) is 10.2 Å². The number of benzene rings is 1. The Hall–Kier alpha value is -2.37. The molecule has 1 N–H and O–H groups in total. The van der Waals surface area contributed by atoms with E-state index in [0.29, 0.717) is 26.1 Å². The number of unbranched alkanes of at least 4 members (excludes halogenated alkanes) is 7. The van der Waals surface area contributed by atoms with Gasteiger partial charge in [-0.2, -0.15) is 0 Å². The van der Waals surface area contributed by atoms with Crippen molar-refractivity contribution in [2.75, 3.05) is 19.7 Å². The largest absolute Gasteiger partial charge is 0.466 e. The molecule has 2 amide bonds. The van der Waals surface area contributed by atoms with Gasteiger partial charge in [0.2, 0.25) is 11.8 Å². The van der Waals surface area contributed by atoms with Gasteiger partial charge in [0.1, 0.15) is 6.04 Å². The van der Waals surface area contributed by atoms with Crippen LogP contribution in [-0.2, 0) is 25.5 Å². The average molecular weight is 445 g/mol. The fourth-order valence-corrected chi connectivity index (χ4v) is 4.09. The van der Waals surface area contributed by atoms with Gasteiger partial charge < -0.3 is 15.0 Å². The number of nitrogens with one attached hydrogen (secondary N) is 1. The highest BCUT2D eigenvalue weighted by Gasteiger charge is 2.34. The molecule has 6 nitrogen and oxygen atoms in total. The Labute approximate surface area is 193 Å². The van der Waals surface area contributed by atoms with Crippen molar-refractivity contribution in [3.8, 4) is 0 Å². The number of carbonyl (C=O) groups excluding carboxylic acids is 3. The predicted octanol–water partition coefficient (Wildman–Crippen LogP) is 4.41. The van der Waals surface area contributed by atoms with Crippen molar-refractivity contribution in [1.29, 1.82) is 0 Å². The lowest BCUT2D eigenvalue weighted by atomic mass is 10.1. The van der Waals surface area contributed by atoms with E-state index in [0.717, 1.165) is 32.1 Å². The van der Waals surface area contributed by atoms with Crippen molar-refractivity contribution < 1.29 is 19.1 Å². The summed E-state index contributed by atoms with van der Waals surface area (Å²) in [6, 6.07) is 9.27. The van der Waals surface area contributed by atoms with Gasteiger partial charge in [0, 0.05) is 19.5 Å². The Bertz CT molecular complexity index is 692. The summed E-state index contributed by atoms with van der Waals surface area (Å²) in [4.78, 5) is 38.9. The summed E-state index contributed by atoms with van der Waals surface area (Å²) in [6.45, 7) is 3.46. The van der Waals surface area contributed by atoms with Crippen molar-refractivity contribution in [2.24, 2.45) is 0 Å². The fraction of sp³-hybridized carbons (Fsp3) is 0.654. The van der Waals surface area contributed by atoms with E-state index in [1.807, 2.05) is 30.3 Å². The Morgan fingerprint density at radius 1 is 1.00 bits per heavy atom. The number of carbonyl (C=O) groups is 3. The molecule has 6 heteroatoms. The second kappa shape index (κ2) is 15.4. The molecule has 0 spiro atoms. The molecule has 1 aliphatic heterocycles. The number of ether oxygens (including phenoxy) is 1. The van der Waals surface area contributed by atoms with Gasteiger partial charge in [0.25, 0.3) is 0 Å². The van der Waals surface area contributed by atoms with Crippen LogP contribution in [-0.4, -0.2) is 48.4 Å². The molecule has 0 saturated carbocycles. The van der Waals surface area contributed by atoms with Gasteiger partial charge in [-0.15, -0.1) is 0 Å². The van der Waals surface area contributed by atoms with E-state index >= 15 is 0 Å². The molecule has 32 heavy (non-hydrogen) atoms. The normalized spacial score (nSPS) is 16.0. The zero-order chi connectivity index (χ0) is 23.0. The zero-order valence-electron chi connectivity index (χ0n) is 19.7. The SMILES string of the molecule is CCCCCCCCCCOC(=O)CC1C(=O)NCCN1C(=O)CCCc1ccccc1. The number of aryl methyl sites for hydroxylation is 1. The van der Waals surface area contributed by atoms with Gasteiger partial charge in [0.05, 0.1) is 13.0 Å². The van der Waals surface area contributed by atoms with Gasteiger partial charge in [-0.05, 0) is 24.8 Å². The maximum absolute atomic E-state index is 12.7. The standard InChI is InChI=1S/C26H40N2O4/c1-2-3-4-5-6-7-8-12-20-32-25(30)21-23-26(31)27-18-19-28(23)24(29)17-13-16-22-14-10-9-11-15-22/h9-11,14-15,23H,2-8,12-13,16-21H2,1H3,(H,27,31). The van der Waals surface area contributed by atoms with Gasteiger partial charge in [-0.25, -0.2) is 0 Å². The van der Waals surface area contributed by atoms with Gasteiger partial charge >= 0.3 is 5.97 Å². The van der Waals surface area contributed by atoms with Crippen LogP contribution in [0.3, 0.4) is 0 Å². The Kier molecular flexibility index (Phi) is 12.5. The fourth-order valence-electron chi connectivity index (χ4n) is 4.09. The molecule has 2 rings (SSSR count). The van der Waals surface area contributed by atoms with Gasteiger partial charge in [-0.1, -0.05) is 82.2 Å². The molecule has 1 aliphatic rings. The minimum absolute atomic E-state index is 0.0725. The minimum atomic E-state index is -0.765. The van der Waals surface area contributed by atoms with Crippen molar-refractivity contribution in [2.45, 2.75) is 90.0 Å². The third-order valence-electron chi connectivity index (χ3n) is 5.97. The first kappa shape index (κ1) is 25.9. The predicted molar refractivity (Wildman–Crippen MR) is 126 cm³/mol. The lowest BCUT2D eigenvalue weighted by molar-refractivity contribution is -0.152. The minimum Gasteiger partial charge on any atom is -0.466 e. The van der Waals surface area contributed by atoms with Crippen LogP contribution in [0.5, 0.6) is 0 Å². The van der Waals surface area contributed by atoms with E-state index in [1.54, 1.807) is 4.90 Å². The molecule has 0 bridgehead atoms. The van der Waals surface area contributed by atoms with Crippen LogP contribution in [0.15, 0.2) is 30.3 Å². The smallest absolute Gasteiger partial charge is 0.308 e. The highest BCUT2D eigenvalue weighted by Crippen LogP contribution is 2.14. The molecule has 178 valence electrons. The van der Waals surface area contributed by atoms with Crippen LogP contribution in [0.25, 0.3) is 0 Å². The monoisotopic (exact) mass is 444 g/mol. The van der Waals surface area contributed by atoms with Crippen LogP contribution in [0.4, 0.5) is 0 Å². The molecule has 1 aromatic rings. The average Bonchev–Trinajstić information content (AvgIpc) is 2.80. The molecule has 1 saturated heterocycles. The van der Waals surface area contributed by atoms with Crippen LogP contribution >= 0.6 is 0 Å². The second-order valence-electron chi connectivity index (χ2n) is 8.63. The summed E-state index contributed by atoms with van der Waals surface area (Å²) in [6.07, 6.45) is 11.3. The first-order valence-corrected chi connectivity index (χ1v) is 12.4. The maximum atomic E-state index is 12.7. The summed E-state index contributed by atoms with van der Waals surface area (Å²) in [5.74, 6) is -0.745. The van der Waals surface area contributed by atoms with E-state index in [4.69, 9.17) is 4.74 Å². The first-order chi connectivity index (χ1) is 15.6. The number of rotatable bonds is 15. The Morgan fingerprint density at radius 3 is 2.41 bits per heavy atom. The van der Waals surface area contributed by atoms with Crippen LogP contribution in [0.2, 0.25) is 0 Å². The second-order valence-corrected chi connectivity index (χ2v) is 8.63. The number of nitrogens with zero attached hydrogens (tertiary/aromatic N) is 1. The third-order valence-corrected chi connectivity index (χ3v) is 5.97. The highest BCUT2D eigenvalue weighted by molar-refractivity contribution is 5.91. The van der Waals surface area contributed by atoms with Crippen molar-refractivity contribution >= 4 is 17.8 Å². The van der Waals surface area contributed by atoms with Crippen LogP contribution in [0.1, 0.15) is 83.1 Å². The van der Waals surface area contributed by atoms with E-state index in [1.165, 1.54) is 37.7 Å². The van der Waals surface area contributed by atoms with Crippen LogP contribution in [0, 0.1) is 0 Å².